The second kappa shape index (κ2) is 13.7. The molecule has 5 rings (SSSR count). The fraction of sp³-hybridized carbons (Fsp3) is 0.216. The van der Waals surface area contributed by atoms with E-state index in [9.17, 15) is 13.0 Å². The Bertz CT molecular complexity index is 1780. The lowest BCUT2D eigenvalue weighted by atomic mass is 9.80. The molecule has 0 heterocycles. The van der Waals surface area contributed by atoms with Gasteiger partial charge in [-0.05, 0) is 47.5 Å². The highest BCUT2D eigenvalue weighted by Gasteiger charge is 2.28. The summed E-state index contributed by atoms with van der Waals surface area (Å²) in [5, 5.41) is 0. The molecule has 0 saturated carbocycles. The Labute approximate surface area is 266 Å². The highest BCUT2D eigenvalue weighted by molar-refractivity contribution is 7.85. The van der Waals surface area contributed by atoms with E-state index >= 15 is 0 Å². The Balaban J connectivity index is 1.56. The maximum atomic E-state index is 12.2. The molecule has 4 aromatic carbocycles. The second-order valence-corrected chi connectivity index (χ2v) is 13.2. The average molecular weight is 622 g/mol. The van der Waals surface area contributed by atoms with Gasteiger partial charge in [0.15, 0.2) is 12.3 Å². The molecule has 0 fully saturated rings. The van der Waals surface area contributed by atoms with E-state index in [-0.39, 0.29) is 22.3 Å². The standard InChI is InChI=1S/C37H40N4O3S/c1-40(2)33-17-13-29(14-18-33)25-41(34-8-4-3-5-9-34)36(32-7-6-10-35(24-32)45(42,43)44)23-28-11-15-30(16-12-28)31-19-21-37(26-38,27-39)22-20-31/h3-22,24-25,31,36H,23,26-27,38-39H2,1-2H3/p+1. The molecule has 0 aliphatic heterocycles. The highest BCUT2D eigenvalue weighted by Crippen LogP contribution is 2.33. The van der Waals surface area contributed by atoms with Crippen molar-refractivity contribution in [2.45, 2.75) is 23.3 Å². The van der Waals surface area contributed by atoms with Crippen molar-refractivity contribution >= 4 is 27.7 Å². The SMILES string of the molecule is CN(C)c1ccc(C=[N+](c2ccccc2)C(Cc2ccc(C3C=CC(CN)(CN)C=C3)cc2)c2cccc(S(=O)(=O)O)c2)cc1. The number of para-hydroxylation sites is 1. The van der Waals surface area contributed by atoms with E-state index < -0.39 is 10.1 Å². The first-order chi connectivity index (χ1) is 21.6. The first-order valence-corrected chi connectivity index (χ1v) is 16.5. The van der Waals surface area contributed by atoms with Gasteiger partial charge >= 0.3 is 0 Å². The largest absolute Gasteiger partial charge is 0.378 e. The molecule has 1 aliphatic carbocycles. The number of nitrogens with zero attached hydrogens (tertiary/aromatic N) is 2. The minimum Gasteiger partial charge on any atom is -0.378 e. The number of rotatable bonds is 11. The zero-order valence-corrected chi connectivity index (χ0v) is 26.5. The van der Waals surface area contributed by atoms with E-state index in [1.165, 1.54) is 6.07 Å². The van der Waals surface area contributed by atoms with Crippen molar-refractivity contribution in [2.24, 2.45) is 16.9 Å². The Hall–Kier alpha value is -4.34. The van der Waals surface area contributed by atoms with Crippen LogP contribution in [-0.2, 0) is 16.5 Å². The highest BCUT2D eigenvalue weighted by atomic mass is 32.2. The van der Waals surface area contributed by atoms with E-state index in [1.807, 2.05) is 50.5 Å². The third kappa shape index (κ3) is 7.67. The molecule has 5 N–H and O–H groups in total. The van der Waals surface area contributed by atoms with Crippen molar-refractivity contribution in [3.05, 3.63) is 150 Å². The molecule has 0 amide bonds. The number of anilines is 1. The molecule has 0 spiro atoms. The van der Waals surface area contributed by atoms with E-state index in [0.717, 1.165) is 33.6 Å². The number of hydrogen-bond donors (Lipinski definition) is 3. The molecule has 1 aliphatic rings. The molecule has 1 atom stereocenters. The smallest absolute Gasteiger partial charge is 0.294 e. The molecule has 7 nitrogen and oxygen atoms in total. The van der Waals surface area contributed by atoms with Crippen molar-refractivity contribution in [1.82, 2.24) is 0 Å². The molecule has 0 bridgehead atoms. The number of nitrogens with two attached hydrogens (primary N) is 2. The van der Waals surface area contributed by atoms with Crippen molar-refractivity contribution < 1.29 is 17.5 Å². The average Bonchev–Trinajstić information content (AvgIpc) is 3.07. The van der Waals surface area contributed by atoms with Gasteiger partial charge in [0.2, 0.25) is 5.69 Å². The molecular weight excluding hydrogens is 580 g/mol. The van der Waals surface area contributed by atoms with Crippen LogP contribution in [0.4, 0.5) is 11.4 Å². The van der Waals surface area contributed by atoms with Gasteiger partial charge in [0.1, 0.15) is 0 Å². The van der Waals surface area contributed by atoms with Crippen LogP contribution >= 0.6 is 0 Å². The normalized spacial score (nSPS) is 15.6. The summed E-state index contributed by atoms with van der Waals surface area (Å²) in [6.07, 6.45) is 11.2. The summed E-state index contributed by atoms with van der Waals surface area (Å²) in [5.41, 5.74) is 17.7. The van der Waals surface area contributed by atoms with Gasteiger partial charge in [-0.3, -0.25) is 4.55 Å². The fourth-order valence-corrected chi connectivity index (χ4v) is 6.15. The van der Waals surface area contributed by atoms with E-state index in [4.69, 9.17) is 11.5 Å². The van der Waals surface area contributed by atoms with Crippen molar-refractivity contribution in [2.75, 3.05) is 32.1 Å². The zero-order chi connectivity index (χ0) is 32.0. The Morgan fingerprint density at radius 3 is 2.09 bits per heavy atom. The van der Waals surface area contributed by atoms with Crippen LogP contribution in [-0.4, -0.2) is 50.9 Å². The zero-order valence-electron chi connectivity index (χ0n) is 25.7. The molecule has 0 saturated heterocycles. The minimum absolute atomic E-state index is 0.131. The number of allylic oxidation sites excluding steroid dienone is 2. The predicted octanol–water partition coefficient (Wildman–Crippen LogP) is 5.86. The first-order valence-electron chi connectivity index (χ1n) is 15.0. The first kappa shape index (κ1) is 32.1. The Kier molecular flexibility index (Phi) is 9.80. The van der Waals surface area contributed by atoms with E-state index in [2.05, 4.69) is 88.5 Å². The lowest BCUT2D eigenvalue weighted by Gasteiger charge is -2.28. The van der Waals surface area contributed by atoms with Gasteiger partial charge < -0.3 is 16.4 Å². The summed E-state index contributed by atoms with van der Waals surface area (Å²) in [5.74, 6) is 0.131. The molecule has 45 heavy (non-hydrogen) atoms. The van der Waals surface area contributed by atoms with Crippen LogP contribution in [0, 0.1) is 5.41 Å². The maximum absolute atomic E-state index is 12.2. The summed E-state index contributed by atoms with van der Waals surface area (Å²) < 4.78 is 36.4. The van der Waals surface area contributed by atoms with Crippen molar-refractivity contribution in [1.29, 1.82) is 0 Å². The van der Waals surface area contributed by atoms with Crippen LogP contribution in [0.2, 0.25) is 0 Å². The van der Waals surface area contributed by atoms with Crippen LogP contribution in [0.5, 0.6) is 0 Å². The van der Waals surface area contributed by atoms with Crippen LogP contribution < -0.4 is 16.4 Å². The summed E-state index contributed by atoms with van der Waals surface area (Å²) in [6.45, 7) is 0.939. The Morgan fingerprint density at radius 1 is 0.867 bits per heavy atom. The quantitative estimate of drug-likeness (QED) is 0.0837. The van der Waals surface area contributed by atoms with Gasteiger partial charge in [0.25, 0.3) is 10.1 Å². The molecular formula is C37H41N4O3S+. The summed E-state index contributed by atoms with van der Waals surface area (Å²) >= 11 is 0. The summed E-state index contributed by atoms with van der Waals surface area (Å²) in [4.78, 5) is 1.92. The van der Waals surface area contributed by atoms with Crippen molar-refractivity contribution in [3.8, 4) is 0 Å². The van der Waals surface area contributed by atoms with Gasteiger partial charge in [-0.15, -0.1) is 0 Å². The van der Waals surface area contributed by atoms with Crippen molar-refractivity contribution in [3.63, 3.8) is 0 Å². The fourth-order valence-electron chi connectivity index (χ4n) is 5.61. The lowest BCUT2D eigenvalue weighted by molar-refractivity contribution is -0.486. The minimum atomic E-state index is -4.39. The molecule has 0 aromatic heterocycles. The maximum Gasteiger partial charge on any atom is 0.294 e. The van der Waals surface area contributed by atoms with Gasteiger partial charge in [-0.2, -0.15) is 13.0 Å². The monoisotopic (exact) mass is 621 g/mol. The summed E-state index contributed by atoms with van der Waals surface area (Å²) in [6, 6.07) is 33.1. The second-order valence-electron chi connectivity index (χ2n) is 11.8. The molecule has 1 unspecified atom stereocenters. The van der Waals surface area contributed by atoms with Gasteiger partial charge in [-0.25, -0.2) is 0 Å². The van der Waals surface area contributed by atoms with Crippen LogP contribution in [0.1, 0.15) is 34.2 Å². The van der Waals surface area contributed by atoms with Crippen LogP contribution in [0.3, 0.4) is 0 Å². The van der Waals surface area contributed by atoms with Crippen LogP contribution in [0.15, 0.2) is 132 Å². The number of hydrogen-bond acceptors (Lipinski definition) is 5. The molecule has 4 aromatic rings. The third-order valence-electron chi connectivity index (χ3n) is 8.45. The molecule has 0 radical (unpaired) electrons. The number of benzene rings is 4. The van der Waals surface area contributed by atoms with E-state index in [1.54, 1.807) is 12.1 Å². The van der Waals surface area contributed by atoms with Gasteiger partial charge in [0.05, 0.1) is 4.90 Å². The predicted molar refractivity (Wildman–Crippen MR) is 183 cm³/mol. The Morgan fingerprint density at radius 2 is 1.51 bits per heavy atom. The topological polar surface area (TPSA) is 113 Å². The molecule has 8 heteroatoms. The third-order valence-corrected chi connectivity index (χ3v) is 9.30. The van der Waals surface area contributed by atoms with E-state index in [0.29, 0.717) is 19.5 Å². The lowest BCUT2D eigenvalue weighted by Crippen LogP contribution is -2.35. The summed E-state index contributed by atoms with van der Waals surface area (Å²) in [7, 11) is -0.373. The molecule has 232 valence electrons. The van der Waals surface area contributed by atoms with Gasteiger partial charge in [-0.1, -0.05) is 78.9 Å². The van der Waals surface area contributed by atoms with Crippen LogP contribution in [0.25, 0.3) is 0 Å². The van der Waals surface area contributed by atoms with Gasteiger partial charge in [0, 0.05) is 73.9 Å².